The van der Waals surface area contributed by atoms with Gasteiger partial charge >= 0.3 is 12.0 Å². The summed E-state index contributed by atoms with van der Waals surface area (Å²) in [6.07, 6.45) is 5.04. The molecule has 0 bridgehead atoms. The maximum atomic E-state index is 14.7. The van der Waals surface area contributed by atoms with E-state index in [0.717, 1.165) is 39.0 Å². The van der Waals surface area contributed by atoms with Gasteiger partial charge in [0.2, 0.25) is 5.91 Å². The molecular weight excluding hydrogens is 747 g/mol. The van der Waals surface area contributed by atoms with Gasteiger partial charge in [0, 0.05) is 18.4 Å². The summed E-state index contributed by atoms with van der Waals surface area (Å²) in [7, 11) is 1.27. The first-order valence-electron chi connectivity index (χ1n) is 19.4. The molecule has 2 unspecified atom stereocenters. The standard InChI is InChI=1S/C47H47N5O5S/c1-46(39-27-15-18-33-17-13-14-26-38(33)39)44(55)51(45(56)52(46)32-41(53)50-40(28-30-58-3)42(54)57-2)29-16-25-37-31-48-43(49-37)47(34-19-7-4-8-20-34,35-21-9-5-10-22-35)36-23-11-6-12-24-36/h4-15,17-24,26-27,31,40H,16,25,28-30,32H2,1-3H3,(H,48,49)(H,50,53). The van der Waals surface area contributed by atoms with E-state index in [2.05, 4.69) is 46.7 Å². The number of hydrogen-bond donors (Lipinski definition) is 2. The number of nitrogens with one attached hydrogen (secondary N) is 2. The van der Waals surface area contributed by atoms with Crippen molar-refractivity contribution < 1.29 is 23.9 Å². The van der Waals surface area contributed by atoms with Crippen LogP contribution in [0.2, 0.25) is 0 Å². The molecule has 296 valence electrons. The Morgan fingerprint density at radius 1 is 0.845 bits per heavy atom. The molecule has 1 aliphatic heterocycles. The molecule has 2 heterocycles. The summed E-state index contributed by atoms with van der Waals surface area (Å²) >= 11 is 1.54. The number of nitrogens with zero attached hydrogens (tertiary/aromatic N) is 3. The molecule has 2 N–H and O–H groups in total. The van der Waals surface area contributed by atoms with Crippen molar-refractivity contribution in [2.75, 3.05) is 32.2 Å². The lowest BCUT2D eigenvalue weighted by atomic mass is 9.69. The number of aryl methyl sites for hydroxylation is 1. The topological polar surface area (TPSA) is 125 Å². The smallest absolute Gasteiger partial charge is 0.328 e. The average molecular weight is 794 g/mol. The summed E-state index contributed by atoms with van der Waals surface area (Å²) < 4.78 is 4.95. The van der Waals surface area contributed by atoms with Crippen molar-refractivity contribution in [1.82, 2.24) is 25.1 Å². The molecule has 58 heavy (non-hydrogen) atoms. The van der Waals surface area contributed by atoms with E-state index in [9.17, 15) is 19.2 Å². The Balaban J connectivity index is 1.18. The Hall–Kier alpha value is -6.20. The van der Waals surface area contributed by atoms with Gasteiger partial charge in [-0.25, -0.2) is 14.6 Å². The predicted octanol–water partition coefficient (Wildman–Crippen LogP) is 7.47. The second-order valence-electron chi connectivity index (χ2n) is 14.6. The number of benzene rings is 5. The van der Waals surface area contributed by atoms with Crippen LogP contribution < -0.4 is 5.32 Å². The number of aromatic amines is 1. The van der Waals surface area contributed by atoms with Crippen LogP contribution in [0.4, 0.5) is 4.79 Å². The van der Waals surface area contributed by atoms with Crippen LogP contribution >= 0.6 is 11.8 Å². The minimum Gasteiger partial charge on any atom is -0.467 e. The highest BCUT2D eigenvalue weighted by Gasteiger charge is 2.56. The first-order valence-corrected chi connectivity index (χ1v) is 20.8. The molecule has 0 radical (unpaired) electrons. The van der Waals surface area contributed by atoms with Crippen LogP contribution in [0.3, 0.4) is 0 Å². The molecule has 11 heteroatoms. The van der Waals surface area contributed by atoms with Crippen LogP contribution in [0.1, 0.15) is 53.5 Å². The predicted molar refractivity (Wildman–Crippen MR) is 227 cm³/mol. The first-order chi connectivity index (χ1) is 28.2. The molecule has 0 saturated carbocycles. The van der Waals surface area contributed by atoms with E-state index in [1.165, 1.54) is 16.9 Å². The van der Waals surface area contributed by atoms with E-state index in [-0.39, 0.29) is 6.54 Å². The zero-order valence-electron chi connectivity index (χ0n) is 32.9. The van der Waals surface area contributed by atoms with Gasteiger partial charge in [0.15, 0.2) is 0 Å². The van der Waals surface area contributed by atoms with E-state index in [4.69, 9.17) is 9.72 Å². The molecule has 0 spiro atoms. The minimum absolute atomic E-state index is 0.115. The molecule has 1 fully saturated rings. The summed E-state index contributed by atoms with van der Waals surface area (Å²) in [5, 5.41) is 4.46. The van der Waals surface area contributed by atoms with Gasteiger partial charge in [-0.3, -0.25) is 19.4 Å². The van der Waals surface area contributed by atoms with Crippen LogP contribution in [-0.2, 0) is 36.5 Å². The number of carbonyl (C=O) groups is 4. The number of imidazole rings is 1. The van der Waals surface area contributed by atoms with Crippen LogP contribution in [-0.4, -0.2) is 81.8 Å². The maximum absolute atomic E-state index is 14.7. The molecule has 1 aliphatic rings. The highest BCUT2D eigenvalue weighted by molar-refractivity contribution is 7.98. The molecule has 5 aromatic carbocycles. The van der Waals surface area contributed by atoms with Gasteiger partial charge in [0.25, 0.3) is 5.91 Å². The Morgan fingerprint density at radius 3 is 2.03 bits per heavy atom. The van der Waals surface area contributed by atoms with Crippen molar-refractivity contribution in [2.45, 2.75) is 43.2 Å². The van der Waals surface area contributed by atoms with Crippen molar-refractivity contribution in [3.8, 4) is 0 Å². The highest BCUT2D eigenvalue weighted by atomic mass is 32.2. The molecule has 0 aliphatic carbocycles. The van der Waals surface area contributed by atoms with E-state index in [1.807, 2.05) is 110 Å². The number of methoxy groups -OCH3 is 1. The second kappa shape index (κ2) is 17.5. The molecular formula is C47H47N5O5S. The summed E-state index contributed by atoms with van der Waals surface area (Å²) in [4.78, 5) is 66.5. The third-order valence-corrected chi connectivity index (χ3v) is 11.8. The van der Waals surface area contributed by atoms with Gasteiger partial charge in [0.1, 0.15) is 29.4 Å². The number of thioether (sulfide) groups is 1. The van der Waals surface area contributed by atoms with Crippen molar-refractivity contribution in [3.63, 3.8) is 0 Å². The number of carbonyl (C=O) groups excluding carboxylic acids is 4. The van der Waals surface area contributed by atoms with E-state index < -0.39 is 47.4 Å². The van der Waals surface area contributed by atoms with Crippen molar-refractivity contribution >= 4 is 46.3 Å². The number of rotatable bonds is 16. The van der Waals surface area contributed by atoms with Gasteiger partial charge in [0.05, 0.1) is 7.11 Å². The van der Waals surface area contributed by atoms with Gasteiger partial charge in [-0.15, -0.1) is 0 Å². The van der Waals surface area contributed by atoms with Gasteiger partial charge in [-0.1, -0.05) is 133 Å². The fourth-order valence-electron chi connectivity index (χ4n) is 8.22. The number of H-pyrrole nitrogens is 1. The quantitative estimate of drug-likeness (QED) is 0.0592. The molecule has 10 nitrogen and oxygen atoms in total. The lowest BCUT2D eigenvalue weighted by Gasteiger charge is -2.34. The largest absolute Gasteiger partial charge is 0.467 e. The summed E-state index contributed by atoms with van der Waals surface area (Å²) in [6, 6.07) is 42.8. The lowest BCUT2D eigenvalue weighted by Crippen LogP contribution is -2.51. The fourth-order valence-corrected chi connectivity index (χ4v) is 8.70. The summed E-state index contributed by atoms with van der Waals surface area (Å²) in [6.45, 7) is 1.38. The second-order valence-corrected chi connectivity index (χ2v) is 15.5. The van der Waals surface area contributed by atoms with E-state index in [0.29, 0.717) is 30.6 Å². The first kappa shape index (κ1) is 40.0. The average Bonchev–Trinajstić information content (AvgIpc) is 3.80. The van der Waals surface area contributed by atoms with Gasteiger partial charge in [-0.2, -0.15) is 11.8 Å². The lowest BCUT2D eigenvalue weighted by molar-refractivity contribution is -0.145. The van der Waals surface area contributed by atoms with E-state index in [1.54, 1.807) is 18.7 Å². The Bertz CT molecular complexity index is 2290. The fraction of sp³-hybridized carbons (Fsp3) is 0.255. The van der Waals surface area contributed by atoms with Crippen LogP contribution in [0.5, 0.6) is 0 Å². The number of esters is 1. The zero-order chi connectivity index (χ0) is 40.7. The third-order valence-electron chi connectivity index (χ3n) is 11.1. The summed E-state index contributed by atoms with van der Waals surface area (Å²) in [5.41, 5.74) is 2.39. The summed E-state index contributed by atoms with van der Waals surface area (Å²) in [5.74, 6) is -0.181. The minimum atomic E-state index is -1.50. The van der Waals surface area contributed by atoms with Gasteiger partial charge in [-0.05, 0) is 71.2 Å². The number of aromatic nitrogens is 2. The number of ether oxygens (including phenoxy) is 1. The Morgan fingerprint density at radius 2 is 1.43 bits per heavy atom. The van der Waals surface area contributed by atoms with Crippen molar-refractivity contribution in [3.05, 3.63) is 173 Å². The number of imide groups is 1. The molecule has 7 rings (SSSR count). The zero-order valence-corrected chi connectivity index (χ0v) is 33.7. The molecule has 4 amide bonds. The highest BCUT2D eigenvalue weighted by Crippen LogP contribution is 2.44. The molecule has 1 saturated heterocycles. The third kappa shape index (κ3) is 7.49. The molecule has 6 aromatic rings. The molecule has 1 aromatic heterocycles. The Kier molecular flexibility index (Phi) is 12.1. The number of amides is 4. The molecule has 2 atom stereocenters. The SMILES string of the molecule is COC(=O)C(CCSC)NC(=O)CN1C(=O)N(CCCc2cnc(C(c3ccccc3)(c3ccccc3)c3ccccc3)[nH]2)C(=O)C1(C)c1cccc2ccccc12. The van der Waals surface area contributed by atoms with Crippen LogP contribution in [0, 0.1) is 0 Å². The van der Waals surface area contributed by atoms with Crippen LogP contribution in [0.15, 0.2) is 140 Å². The van der Waals surface area contributed by atoms with E-state index >= 15 is 0 Å². The maximum Gasteiger partial charge on any atom is 0.328 e. The number of fused-ring (bicyclic) bond motifs is 1. The number of urea groups is 1. The normalized spacial score (nSPS) is 16.1. The van der Waals surface area contributed by atoms with Crippen molar-refractivity contribution in [2.24, 2.45) is 0 Å². The Labute approximate surface area is 343 Å². The van der Waals surface area contributed by atoms with Crippen molar-refractivity contribution in [1.29, 1.82) is 0 Å². The van der Waals surface area contributed by atoms with Gasteiger partial charge < -0.3 is 15.0 Å². The van der Waals surface area contributed by atoms with Crippen LogP contribution in [0.25, 0.3) is 10.8 Å². The number of hydrogen-bond acceptors (Lipinski definition) is 7. The monoisotopic (exact) mass is 793 g/mol.